The lowest BCUT2D eigenvalue weighted by Gasteiger charge is -2.13. The van der Waals surface area contributed by atoms with Crippen LogP contribution in [0.4, 0.5) is 0 Å². The van der Waals surface area contributed by atoms with Gasteiger partial charge in [0.25, 0.3) is 5.91 Å². The van der Waals surface area contributed by atoms with Crippen LogP contribution in [-0.4, -0.2) is 32.1 Å². The Hall–Kier alpha value is -2.34. The van der Waals surface area contributed by atoms with E-state index in [-0.39, 0.29) is 18.4 Å². The van der Waals surface area contributed by atoms with Gasteiger partial charge in [0.05, 0.1) is 12.7 Å². The molecule has 0 aliphatic carbocycles. The number of carbonyl (C=O) groups excluding carboxylic acids is 2. The van der Waals surface area contributed by atoms with Gasteiger partial charge in [-0.25, -0.2) is 4.79 Å². The van der Waals surface area contributed by atoms with Crippen LogP contribution >= 0.6 is 15.9 Å². The first-order valence-corrected chi connectivity index (χ1v) is 8.63. The fourth-order valence-corrected chi connectivity index (χ4v) is 2.62. The van der Waals surface area contributed by atoms with Gasteiger partial charge in [-0.15, -0.1) is 0 Å². The largest absolute Gasteiger partial charge is 0.497 e. The molecule has 0 saturated carbocycles. The molecular weight excluding hydrogens is 386 g/mol. The molecule has 0 aromatic heterocycles. The summed E-state index contributed by atoms with van der Waals surface area (Å²) in [4.78, 5) is 24.0. The molecule has 25 heavy (non-hydrogen) atoms. The van der Waals surface area contributed by atoms with Crippen molar-refractivity contribution in [2.45, 2.75) is 12.8 Å². The molecule has 1 N–H and O–H groups in total. The van der Waals surface area contributed by atoms with Crippen molar-refractivity contribution in [2.75, 3.05) is 20.3 Å². The van der Waals surface area contributed by atoms with Crippen LogP contribution in [0.15, 0.2) is 53.0 Å². The number of hydrogen-bond acceptors (Lipinski definition) is 4. The molecule has 5 nitrogen and oxygen atoms in total. The smallest absolute Gasteiger partial charge is 0.339 e. The van der Waals surface area contributed by atoms with Gasteiger partial charge in [-0.3, -0.25) is 4.79 Å². The Morgan fingerprint density at radius 2 is 1.88 bits per heavy atom. The number of hydrogen-bond donors (Lipinski definition) is 1. The third-order valence-corrected chi connectivity index (χ3v) is 4.39. The standard InChI is InChI=1S/C19H20BrNO4/c1-13(14-6-4-3-5-7-14)11-21-18(22)12-25-19(23)16-10-15(24-2)8-9-17(16)20/h3-10,13H,11-12H2,1-2H3,(H,21,22)/t13-/m0/s1. The van der Waals surface area contributed by atoms with Crippen molar-refractivity contribution in [3.05, 3.63) is 64.1 Å². The summed E-state index contributed by atoms with van der Waals surface area (Å²) in [6, 6.07) is 14.9. The zero-order valence-electron chi connectivity index (χ0n) is 14.1. The summed E-state index contributed by atoms with van der Waals surface area (Å²) >= 11 is 3.29. The van der Waals surface area contributed by atoms with Gasteiger partial charge in [0.2, 0.25) is 0 Å². The minimum absolute atomic E-state index is 0.174. The average molecular weight is 406 g/mol. The molecule has 1 amide bonds. The fraction of sp³-hybridized carbons (Fsp3) is 0.263. The Morgan fingerprint density at radius 1 is 1.16 bits per heavy atom. The number of benzene rings is 2. The molecule has 0 fully saturated rings. The minimum Gasteiger partial charge on any atom is -0.497 e. The minimum atomic E-state index is -0.586. The second-order valence-electron chi connectivity index (χ2n) is 5.54. The maximum absolute atomic E-state index is 12.1. The normalized spacial score (nSPS) is 11.5. The van der Waals surface area contributed by atoms with E-state index in [2.05, 4.69) is 21.2 Å². The Bertz CT molecular complexity index is 733. The predicted octanol–water partition coefficient (Wildman–Crippen LogP) is 3.53. The number of esters is 1. The van der Waals surface area contributed by atoms with Crippen molar-refractivity contribution in [2.24, 2.45) is 0 Å². The molecule has 0 saturated heterocycles. The van der Waals surface area contributed by atoms with E-state index in [1.807, 2.05) is 37.3 Å². The van der Waals surface area contributed by atoms with Crippen molar-refractivity contribution >= 4 is 27.8 Å². The van der Waals surface area contributed by atoms with E-state index >= 15 is 0 Å². The first-order chi connectivity index (χ1) is 12.0. The highest BCUT2D eigenvalue weighted by molar-refractivity contribution is 9.10. The van der Waals surface area contributed by atoms with Gasteiger partial charge >= 0.3 is 5.97 Å². The molecule has 0 radical (unpaired) electrons. The molecule has 1 atom stereocenters. The van der Waals surface area contributed by atoms with Gasteiger partial charge in [-0.1, -0.05) is 37.3 Å². The highest BCUT2D eigenvalue weighted by Gasteiger charge is 2.15. The summed E-state index contributed by atoms with van der Waals surface area (Å²) in [5.74, 6) is -0.211. The summed E-state index contributed by atoms with van der Waals surface area (Å²) in [7, 11) is 1.51. The maximum Gasteiger partial charge on any atom is 0.339 e. The van der Waals surface area contributed by atoms with Crippen molar-refractivity contribution in [1.29, 1.82) is 0 Å². The van der Waals surface area contributed by atoms with Gasteiger partial charge in [-0.05, 0) is 45.6 Å². The molecule has 0 heterocycles. The zero-order chi connectivity index (χ0) is 18.2. The van der Waals surface area contributed by atoms with Crippen LogP contribution in [0.25, 0.3) is 0 Å². The van der Waals surface area contributed by atoms with E-state index in [9.17, 15) is 9.59 Å². The lowest BCUT2D eigenvalue weighted by atomic mass is 10.0. The molecule has 0 unspecified atom stereocenters. The highest BCUT2D eigenvalue weighted by Crippen LogP contribution is 2.23. The maximum atomic E-state index is 12.1. The lowest BCUT2D eigenvalue weighted by molar-refractivity contribution is -0.124. The lowest BCUT2D eigenvalue weighted by Crippen LogP contribution is -2.31. The Kier molecular flexibility index (Phi) is 7.01. The van der Waals surface area contributed by atoms with Crippen molar-refractivity contribution < 1.29 is 19.1 Å². The number of ether oxygens (including phenoxy) is 2. The van der Waals surface area contributed by atoms with Crippen LogP contribution in [0.2, 0.25) is 0 Å². The van der Waals surface area contributed by atoms with Crippen LogP contribution in [-0.2, 0) is 9.53 Å². The van der Waals surface area contributed by atoms with Crippen molar-refractivity contribution in [1.82, 2.24) is 5.32 Å². The first-order valence-electron chi connectivity index (χ1n) is 7.83. The summed E-state index contributed by atoms with van der Waals surface area (Å²) in [6.45, 7) is 2.17. The molecule has 2 aromatic carbocycles. The van der Waals surface area contributed by atoms with Gasteiger partial charge in [-0.2, -0.15) is 0 Å². The SMILES string of the molecule is COc1ccc(Br)c(C(=O)OCC(=O)NC[C@H](C)c2ccccc2)c1. The van der Waals surface area contributed by atoms with Gasteiger partial charge in [0.15, 0.2) is 6.61 Å². The summed E-state index contributed by atoms with van der Waals surface area (Å²) < 4.78 is 10.7. The number of halogens is 1. The van der Waals surface area contributed by atoms with Crippen LogP contribution in [0, 0.1) is 0 Å². The van der Waals surface area contributed by atoms with E-state index in [0.29, 0.717) is 22.3 Å². The quantitative estimate of drug-likeness (QED) is 0.715. The second-order valence-corrected chi connectivity index (χ2v) is 6.39. The molecule has 2 aromatic rings. The van der Waals surface area contributed by atoms with E-state index < -0.39 is 5.97 Å². The summed E-state index contributed by atoms with van der Waals surface area (Å²) in [5, 5.41) is 2.77. The second kappa shape index (κ2) is 9.22. The molecular formula is C19H20BrNO4. The van der Waals surface area contributed by atoms with Gasteiger partial charge < -0.3 is 14.8 Å². The number of carbonyl (C=O) groups is 2. The van der Waals surface area contributed by atoms with Gasteiger partial charge in [0.1, 0.15) is 5.75 Å². The van der Waals surface area contributed by atoms with Crippen molar-refractivity contribution in [3.63, 3.8) is 0 Å². The summed E-state index contributed by atoms with van der Waals surface area (Å²) in [5.41, 5.74) is 1.45. The molecule has 0 bridgehead atoms. The Labute approximate surface area is 155 Å². The Balaban J connectivity index is 1.82. The van der Waals surface area contributed by atoms with E-state index in [4.69, 9.17) is 9.47 Å². The third kappa shape index (κ3) is 5.60. The fourth-order valence-electron chi connectivity index (χ4n) is 2.21. The molecule has 0 aliphatic rings. The molecule has 6 heteroatoms. The van der Waals surface area contributed by atoms with Crippen LogP contribution < -0.4 is 10.1 Å². The third-order valence-electron chi connectivity index (χ3n) is 3.70. The van der Waals surface area contributed by atoms with Crippen molar-refractivity contribution in [3.8, 4) is 5.75 Å². The topological polar surface area (TPSA) is 64.6 Å². The van der Waals surface area contributed by atoms with E-state index in [0.717, 1.165) is 5.56 Å². The number of rotatable bonds is 7. The van der Waals surface area contributed by atoms with Gasteiger partial charge in [0, 0.05) is 11.0 Å². The first kappa shape index (κ1) is 19.0. The number of nitrogens with one attached hydrogen (secondary N) is 1. The summed E-state index contributed by atoms with van der Waals surface area (Å²) in [6.07, 6.45) is 0. The van der Waals surface area contributed by atoms with Crippen LogP contribution in [0.3, 0.4) is 0 Å². The Morgan fingerprint density at radius 3 is 2.56 bits per heavy atom. The molecule has 0 aliphatic heterocycles. The molecule has 0 spiro atoms. The van der Waals surface area contributed by atoms with Crippen LogP contribution in [0.5, 0.6) is 5.75 Å². The zero-order valence-corrected chi connectivity index (χ0v) is 15.7. The number of methoxy groups -OCH3 is 1. The van der Waals surface area contributed by atoms with E-state index in [1.54, 1.807) is 18.2 Å². The monoisotopic (exact) mass is 405 g/mol. The number of amides is 1. The average Bonchev–Trinajstić information content (AvgIpc) is 2.65. The predicted molar refractivity (Wildman–Crippen MR) is 98.8 cm³/mol. The van der Waals surface area contributed by atoms with E-state index in [1.165, 1.54) is 7.11 Å². The molecule has 132 valence electrons. The highest BCUT2D eigenvalue weighted by atomic mass is 79.9. The molecule has 2 rings (SSSR count). The van der Waals surface area contributed by atoms with Crippen LogP contribution in [0.1, 0.15) is 28.8 Å².